The number of rotatable bonds is 3. The van der Waals surface area contributed by atoms with Crippen molar-refractivity contribution in [2.24, 2.45) is 0 Å². The van der Waals surface area contributed by atoms with Crippen LogP contribution in [-0.4, -0.2) is 7.05 Å². The molecule has 0 spiro atoms. The molecule has 1 aromatic carbocycles. The molecule has 0 aliphatic carbocycles. The van der Waals surface area contributed by atoms with Gasteiger partial charge in [0.25, 0.3) is 0 Å². The Bertz CT molecular complexity index is 403. The molecule has 0 fully saturated rings. The van der Waals surface area contributed by atoms with E-state index in [2.05, 4.69) is 5.32 Å². The van der Waals surface area contributed by atoms with Crippen LogP contribution in [0.1, 0.15) is 31.0 Å². The first-order valence-electron chi connectivity index (χ1n) is 5.34. The fraction of sp³-hybridized carbons (Fsp3) is 0.385. The summed E-state index contributed by atoms with van der Waals surface area (Å²) in [6.07, 6.45) is -2.54. The molecule has 0 bridgehead atoms. The van der Waals surface area contributed by atoms with Gasteiger partial charge in [-0.3, -0.25) is 0 Å². The molecular formula is C13H16F3N. The maximum atomic E-state index is 12.8. The minimum absolute atomic E-state index is 0.253. The number of benzene rings is 1. The number of halogens is 3. The maximum absolute atomic E-state index is 12.8. The molecular weight excluding hydrogens is 227 g/mol. The van der Waals surface area contributed by atoms with E-state index in [-0.39, 0.29) is 5.56 Å². The lowest BCUT2D eigenvalue weighted by atomic mass is 9.98. The van der Waals surface area contributed by atoms with Crippen molar-refractivity contribution in [3.05, 3.63) is 47.0 Å². The van der Waals surface area contributed by atoms with E-state index in [0.29, 0.717) is 0 Å². The zero-order chi connectivity index (χ0) is 13.1. The second-order valence-electron chi connectivity index (χ2n) is 4.10. The van der Waals surface area contributed by atoms with Gasteiger partial charge in [0, 0.05) is 0 Å². The van der Waals surface area contributed by atoms with Gasteiger partial charge in [-0.05, 0) is 32.5 Å². The van der Waals surface area contributed by atoms with E-state index >= 15 is 0 Å². The summed E-state index contributed by atoms with van der Waals surface area (Å²) in [7, 11) is 1.65. The minimum Gasteiger partial charge on any atom is -0.310 e. The van der Waals surface area contributed by atoms with Crippen molar-refractivity contribution in [3.8, 4) is 0 Å². The molecule has 4 heteroatoms. The van der Waals surface area contributed by atoms with Gasteiger partial charge < -0.3 is 5.32 Å². The summed E-state index contributed by atoms with van der Waals surface area (Å²) in [6.45, 7) is 3.72. The molecule has 0 amide bonds. The van der Waals surface area contributed by atoms with Gasteiger partial charge >= 0.3 is 6.18 Å². The highest BCUT2D eigenvalue weighted by molar-refractivity contribution is 5.35. The van der Waals surface area contributed by atoms with Crippen LogP contribution in [0.25, 0.3) is 0 Å². The molecule has 17 heavy (non-hydrogen) atoms. The fourth-order valence-electron chi connectivity index (χ4n) is 1.69. The molecule has 1 unspecified atom stereocenters. The van der Waals surface area contributed by atoms with Crippen molar-refractivity contribution in [3.63, 3.8) is 0 Å². The summed E-state index contributed by atoms with van der Waals surface area (Å²) in [5.41, 5.74) is 0.641. The van der Waals surface area contributed by atoms with Crippen LogP contribution in [0.2, 0.25) is 0 Å². The quantitative estimate of drug-likeness (QED) is 0.793. The zero-order valence-corrected chi connectivity index (χ0v) is 10.1. The molecule has 1 nitrogen and oxygen atoms in total. The van der Waals surface area contributed by atoms with Crippen LogP contribution in [0.5, 0.6) is 0 Å². The summed E-state index contributed by atoms with van der Waals surface area (Å²) in [6, 6.07) is 5.22. The van der Waals surface area contributed by atoms with Crippen molar-refractivity contribution in [2.45, 2.75) is 26.1 Å². The van der Waals surface area contributed by atoms with Crippen molar-refractivity contribution in [1.29, 1.82) is 0 Å². The van der Waals surface area contributed by atoms with E-state index in [1.807, 2.05) is 13.8 Å². The lowest BCUT2D eigenvalue weighted by molar-refractivity contribution is -0.138. The van der Waals surface area contributed by atoms with Gasteiger partial charge in [-0.25, -0.2) is 0 Å². The molecule has 1 atom stereocenters. The van der Waals surface area contributed by atoms with Gasteiger partial charge in [0.05, 0.1) is 11.6 Å². The van der Waals surface area contributed by atoms with Gasteiger partial charge in [-0.1, -0.05) is 29.8 Å². The molecule has 0 aliphatic rings. The molecule has 1 rings (SSSR count). The molecule has 0 heterocycles. The van der Waals surface area contributed by atoms with Gasteiger partial charge in [0.1, 0.15) is 0 Å². The van der Waals surface area contributed by atoms with Crippen molar-refractivity contribution in [2.75, 3.05) is 7.05 Å². The van der Waals surface area contributed by atoms with Crippen LogP contribution in [0.4, 0.5) is 13.2 Å². The number of allylic oxidation sites excluding steroid dienone is 1. The number of nitrogens with one attached hydrogen (secondary N) is 1. The summed E-state index contributed by atoms with van der Waals surface area (Å²) in [4.78, 5) is 0. The molecule has 0 aromatic heterocycles. The molecule has 94 valence electrons. The Morgan fingerprint density at radius 3 is 2.29 bits per heavy atom. The molecule has 0 radical (unpaired) electrons. The van der Waals surface area contributed by atoms with Crippen LogP contribution in [0.15, 0.2) is 35.9 Å². The Morgan fingerprint density at radius 1 is 1.24 bits per heavy atom. The first kappa shape index (κ1) is 13.8. The lowest BCUT2D eigenvalue weighted by Crippen LogP contribution is -2.19. The smallest absolute Gasteiger partial charge is 0.310 e. The second-order valence-corrected chi connectivity index (χ2v) is 4.10. The third-order valence-electron chi connectivity index (χ3n) is 2.41. The van der Waals surface area contributed by atoms with Crippen LogP contribution < -0.4 is 5.32 Å². The molecule has 1 N–H and O–H groups in total. The Kier molecular flexibility index (Phi) is 4.34. The Labute approximate surface area is 99.3 Å². The van der Waals surface area contributed by atoms with Crippen LogP contribution in [0.3, 0.4) is 0 Å². The SMILES string of the molecule is CNC(C=C(C)C)c1ccccc1C(F)(F)F. The highest BCUT2D eigenvalue weighted by Crippen LogP contribution is 2.34. The normalized spacial score (nSPS) is 13.3. The average molecular weight is 243 g/mol. The first-order chi connectivity index (χ1) is 7.86. The van der Waals surface area contributed by atoms with Gasteiger partial charge in [0.15, 0.2) is 0 Å². The summed E-state index contributed by atoms with van der Waals surface area (Å²) >= 11 is 0. The van der Waals surface area contributed by atoms with E-state index in [1.54, 1.807) is 19.2 Å². The summed E-state index contributed by atoms with van der Waals surface area (Å²) in [5, 5.41) is 2.89. The molecule has 1 aromatic rings. The number of hydrogen-bond acceptors (Lipinski definition) is 1. The van der Waals surface area contributed by atoms with Crippen molar-refractivity contribution < 1.29 is 13.2 Å². The minimum atomic E-state index is -4.32. The number of alkyl halides is 3. The third-order valence-corrected chi connectivity index (χ3v) is 2.41. The number of likely N-dealkylation sites (N-methyl/N-ethyl adjacent to an activating group) is 1. The summed E-state index contributed by atoms with van der Waals surface area (Å²) < 4.78 is 38.5. The van der Waals surface area contributed by atoms with Crippen LogP contribution in [0, 0.1) is 0 Å². The van der Waals surface area contributed by atoms with E-state index in [0.717, 1.165) is 11.6 Å². The van der Waals surface area contributed by atoms with Crippen LogP contribution >= 0.6 is 0 Å². The highest BCUT2D eigenvalue weighted by Gasteiger charge is 2.34. The zero-order valence-electron chi connectivity index (χ0n) is 10.1. The lowest BCUT2D eigenvalue weighted by Gasteiger charge is -2.19. The monoisotopic (exact) mass is 243 g/mol. The van der Waals surface area contributed by atoms with Crippen molar-refractivity contribution in [1.82, 2.24) is 5.32 Å². The first-order valence-corrected chi connectivity index (χ1v) is 5.34. The van der Waals surface area contributed by atoms with Gasteiger partial charge in [-0.2, -0.15) is 13.2 Å². The number of hydrogen-bond donors (Lipinski definition) is 1. The third kappa shape index (κ3) is 3.60. The standard InChI is InChI=1S/C13H16F3N/c1-9(2)8-12(17-3)10-6-4-5-7-11(10)13(14,15)16/h4-8,12,17H,1-3H3. The highest BCUT2D eigenvalue weighted by atomic mass is 19.4. The van der Waals surface area contributed by atoms with Gasteiger partial charge in [0.2, 0.25) is 0 Å². The maximum Gasteiger partial charge on any atom is 0.416 e. The Morgan fingerprint density at radius 2 is 1.82 bits per heavy atom. The molecule has 0 saturated heterocycles. The topological polar surface area (TPSA) is 12.0 Å². The largest absolute Gasteiger partial charge is 0.416 e. The van der Waals surface area contributed by atoms with E-state index in [4.69, 9.17) is 0 Å². The van der Waals surface area contributed by atoms with E-state index < -0.39 is 17.8 Å². The predicted molar refractivity (Wildman–Crippen MR) is 62.7 cm³/mol. The van der Waals surface area contributed by atoms with E-state index in [1.165, 1.54) is 12.1 Å². The average Bonchev–Trinajstić information content (AvgIpc) is 2.24. The van der Waals surface area contributed by atoms with Crippen molar-refractivity contribution >= 4 is 0 Å². The Balaban J connectivity index is 3.25. The molecule has 0 aliphatic heterocycles. The van der Waals surface area contributed by atoms with Crippen LogP contribution in [-0.2, 0) is 6.18 Å². The Hall–Kier alpha value is -1.29. The van der Waals surface area contributed by atoms with E-state index in [9.17, 15) is 13.2 Å². The fourth-order valence-corrected chi connectivity index (χ4v) is 1.69. The van der Waals surface area contributed by atoms with Gasteiger partial charge in [-0.15, -0.1) is 0 Å². The molecule has 0 saturated carbocycles. The second kappa shape index (κ2) is 5.36. The summed E-state index contributed by atoms with van der Waals surface area (Å²) in [5.74, 6) is 0. The predicted octanol–water partition coefficient (Wildman–Crippen LogP) is 3.93.